The summed E-state index contributed by atoms with van der Waals surface area (Å²) in [7, 11) is -3.40. The monoisotopic (exact) mass is 380 g/mol. The SMILES string of the molecule is Cc1c(I)cccc1NS(=O)(=O)N1CCCCC1. The molecule has 0 radical (unpaired) electrons. The molecule has 100 valence electrons. The molecule has 6 heteroatoms. The van der Waals surface area contributed by atoms with E-state index < -0.39 is 10.2 Å². The smallest absolute Gasteiger partial charge is 0.271 e. The molecule has 0 spiro atoms. The minimum Gasteiger partial charge on any atom is -0.271 e. The molecule has 1 aliphatic heterocycles. The first-order valence-corrected chi connectivity index (χ1v) is 8.55. The van der Waals surface area contributed by atoms with Gasteiger partial charge in [-0.05, 0) is 60.1 Å². The Labute approximate surface area is 122 Å². The normalized spacial score (nSPS) is 17.7. The van der Waals surface area contributed by atoms with Gasteiger partial charge < -0.3 is 0 Å². The molecular weight excluding hydrogens is 363 g/mol. The van der Waals surface area contributed by atoms with Crippen molar-refractivity contribution in [2.24, 2.45) is 0 Å². The molecule has 1 aliphatic rings. The van der Waals surface area contributed by atoms with E-state index in [1.54, 1.807) is 6.07 Å². The number of hydrogen-bond donors (Lipinski definition) is 1. The zero-order valence-corrected chi connectivity index (χ0v) is 13.3. The Kier molecular flexibility index (Phi) is 4.50. The predicted molar refractivity (Wildman–Crippen MR) is 81.9 cm³/mol. The molecule has 0 atom stereocenters. The number of halogens is 1. The molecule has 2 rings (SSSR count). The van der Waals surface area contributed by atoms with E-state index in [0.29, 0.717) is 18.8 Å². The summed E-state index contributed by atoms with van der Waals surface area (Å²) in [5.74, 6) is 0. The number of nitrogens with zero attached hydrogens (tertiary/aromatic N) is 1. The molecule has 0 unspecified atom stereocenters. The molecule has 1 saturated heterocycles. The van der Waals surface area contributed by atoms with Gasteiger partial charge in [-0.2, -0.15) is 12.7 Å². The zero-order chi connectivity index (χ0) is 13.2. The lowest BCUT2D eigenvalue weighted by Crippen LogP contribution is -2.39. The van der Waals surface area contributed by atoms with E-state index in [2.05, 4.69) is 27.3 Å². The van der Waals surface area contributed by atoms with Crippen molar-refractivity contribution in [1.29, 1.82) is 0 Å². The molecule has 1 aromatic carbocycles. The van der Waals surface area contributed by atoms with Gasteiger partial charge in [-0.25, -0.2) is 0 Å². The van der Waals surface area contributed by atoms with Gasteiger partial charge in [-0.1, -0.05) is 12.5 Å². The van der Waals surface area contributed by atoms with Crippen molar-refractivity contribution >= 4 is 38.5 Å². The van der Waals surface area contributed by atoms with Gasteiger partial charge >= 0.3 is 10.2 Å². The van der Waals surface area contributed by atoms with Gasteiger partial charge in [0.05, 0.1) is 5.69 Å². The Hall–Kier alpha value is -0.340. The lowest BCUT2D eigenvalue weighted by Gasteiger charge is -2.26. The number of hydrogen-bond acceptors (Lipinski definition) is 2. The summed E-state index contributed by atoms with van der Waals surface area (Å²) in [4.78, 5) is 0. The van der Waals surface area contributed by atoms with Crippen molar-refractivity contribution in [2.75, 3.05) is 17.8 Å². The lowest BCUT2D eigenvalue weighted by molar-refractivity contribution is 0.349. The Bertz CT molecular complexity index is 525. The van der Waals surface area contributed by atoms with Crippen molar-refractivity contribution in [2.45, 2.75) is 26.2 Å². The Morgan fingerprint density at radius 2 is 1.89 bits per heavy atom. The zero-order valence-electron chi connectivity index (χ0n) is 10.3. The maximum absolute atomic E-state index is 12.2. The van der Waals surface area contributed by atoms with Crippen molar-refractivity contribution in [1.82, 2.24) is 4.31 Å². The van der Waals surface area contributed by atoms with Crippen molar-refractivity contribution < 1.29 is 8.42 Å². The summed E-state index contributed by atoms with van der Waals surface area (Å²) in [5.41, 5.74) is 1.64. The first-order chi connectivity index (χ1) is 8.50. The van der Waals surface area contributed by atoms with Crippen LogP contribution in [0, 0.1) is 10.5 Å². The van der Waals surface area contributed by atoms with Crippen LogP contribution >= 0.6 is 22.6 Å². The fourth-order valence-electron chi connectivity index (χ4n) is 2.03. The summed E-state index contributed by atoms with van der Waals surface area (Å²) in [6, 6.07) is 5.64. The Morgan fingerprint density at radius 1 is 1.22 bits per heavy atom. The maximum Gasteiger partial charge on any atom is 0.301 e. The van der Waals surface area contributed by atoms with Crippen LogP contribution in [0.5, 0.6) is 0 Å². The molecule has 1 heterocycles. The summed E-state index contributed by atoms with van der Waals surface area (Å²) in [5, 5.41) is 0. The predicted octanol–water partition coefficient (Wildman–Crippen LogP) is 2.74. The molecule has 0 amide bonds. The van der Waals surface area contributed by atoms with Crippen LogP contribution in [0.3, 0.4) is 0 Å². The molecule has 0 aliphatic carbocycles. The van der Waals surface area contributed by atoms with E-state index in [1.165, 1.54) is 4.31 Å². The minimum atomic E-state index is -3.40. The molecule has 1 N–H and O–H groups in total. The van der Waals surface area contributed by atoms with Gasteiger partial charge in [0.25, 0.3) is 0 Å². The first kappa shape index (κ1) is 14.1. The lowest BCUT2D eigenvalue weighted by atomic mass is 10.2. The van der Waals surface area contributed by atoms with Crippen LogP contribution in [0.4, 0.5) is 5.69 Å². The second-order valence-electron chi connectivity index (χ2n) is 4.48. The topological polar surface area (TPSA) is 49.4 Å². The molecule has 0 bridgehead atoms. The summed E-state index contributed by atoms with van der Waals surface area (Å²) >= 11 is 2.21. The summed E-state index contributed by atoms with van der Waals surface area (Å²) in [6.45, 7) is 3.17. The molecular formula is C12H17IN2O2S. The summed E-state index contributed by atoms with van der Waals surface area (Å²) in [6.07, 6.45) is 3.02. The van der Waals surface area contributed by atoms with Gasteiger partial charge in [-0.15, -0.1) is 0 Å². The average Bonchev–Trinajstić information content (AvgIpc) is 2.36. The second kappa shape index (κ2) is 5.75. The number of benzene rings is 1. The van der Waals surface area contributed by atoms with Crippen LogP contribution in [0.15, 0.2) is 18.2 Å². The fraction of sp³-hybridized carbons (Fsp3) is 0.500. The van der Waals surface area contributed by atoms with Crippen LogP contribution in [0.1, 0.15) is 24.8 Å². The average molecular weight is 380 g/mol. The third-order valence-electron chi connectivity index (χ3n) is 3.16. The van der Waals surface area contributed by atoms with Crippen LogP contribution in [0.25, 0.3) is 0 Å². The Balaban J connectivity index is 2.19. The van der Waals surface area contributed by atoms with Gasteiger partial charge in [0, 0.05) is 16.7 Å². The number of rotatable bonds is 3. The van der Waals surface area contributed by atoms with E-state index in [9.17, 15) is 8.42 Å². The summed E-state index contributed by atoms with van der Waals surface area (Å²) < 4.78 is 29.8. The van der Waals surface area contributed by atoms with E-state index in [0.717, 1.165) is 28.4 Å². The van der Waals surface area contributed by atoms with E-state index in [1.807, 2.05) is 19.1 Å². The molecule has 1 fully saturated rings. The largest absolute Gasteiger partial charge is 0.301 e. The van der Waals surface area contributed by atoms with E-state index in [4.69, 9.17) is 0 Å². The highest BCUT2D eigenvalue weighted by molar-refractivity contribution is 14.1. The van der Waals surface area contributed by atoms with Crippen LogP contribution in [-0.2, 0) is 10.2 Å². The van der Waals surface area contributed by atoms with Gasteiger partial charge in [-0.3, -0.25) is 4.72 Å². The van der Waals surface area contributed by atoms with Crippen LogP contribution in [0.2, 0.25) is 0 Å². The van der Waals surface area contributed by atoms with Crippen molar-refractivity contribution in [3.8, 4) is 0 Å². The number of nitrogens with one attached hydrogen (secondary N) is 1. The van der Waals surface area contributed by atoms with Crippen molar-refractivity contribution in [3.05, 3.63) is 27.3 Å². The second-order valence-corrected chi connectivity index (χ2v) is 7.31. The van der Waals surface area contributed by atoms with Crippen LogP contribution in [-0.4, -0.2) is 25.8 Å². The highest BCUT2D eigenvalue weighted by atomic mass is 127. The van der Waals surface area contributed by atoms with Gasteiger partial charge in [0.1, 0.15) is 0 Å². The van der Waals surface area contributed by atoms with Crippen molar-refractivity contribution in [3.63, 3.8) is 0 Å². The van der Waals surface area contributed by atoms with Crippen LogP contribution < -0.4 is 4.72 Å². The fourth-order valence-corrected chi connectivity index (χ4v) is 3.89. The standard InChI is InChI=1S/C12H17IN2O2S/c1-10-11(13)6-5-7-12(10)14-18(16,17)15-8-3-2-4-9-15/h5-7,14H,2-4,8-9H2,1H3. The quantitative estimate of drug-likeness (QED) is 0.820. The highest BCUT2D eigenvalue weighted by Crippen LogP contribution is 2.23. The number of piperidine rings is 1. The first-order valence-electron chi connectivity index (χ1n) is 6.04. The molecule has 1 aromatic rings. The molecule has 4 nitrogen and oxygen atoms in total. The minimum absolute atomic E-state index is 0.623. The van der Waals surface area contributed by atoms with Gasteiger partial charge in [0.15, 0.2) is 0 Å². The third kappa shape index (κ3) is 3.16. The van der Waals surface area contributed by atoms with E-state index in [-0.39, 0.29) is 0 Å². The highest BCUT2D eigenvalue weighted by Gasteiger charge is 2.24. The Morgan fingerprint density at radius 3 is 2.56 bits per heavy atom. The third-order valence-corrected chi connectivity index (χ3v) is 5.85. The maximum atomic E-state index is 12.2. The van der Waals surface area contributed by atoms with E-state index >= 15 is 0 Å². The molecule has 0 saturated carbocycles. The molecule has 0 aromatic heterocycles. The van der Waals surface area contributed by atoms with Gasteiger partial charge in [0.2, 0.25) is 0 Å². The number of anilines is 1. The molecule has 18 heavy (non-hydrogen) atoms.